The number of hydrogen-bond acceptors (Lipinski definition) is 5. The maximum Gasteiger partial charge on any atom is 0.200 e. The van der Waals surface area contributed by atoms with Gasteiger partial charge in [-0.05, 0) is 41.2 Å². The van der Waals surface area contributed by atoms with E-state index in [9.17, 15) is 0 Å². The lowest BCUT2D eigenvalue weighted by Crippen LogP contribution is -2.53. The van der Waals surface area contributed by atoms with Crippen LogP contribution in [-0.2, 0) is 8.85 Å². The average Bonchev–Trinajstić information content (AvgIpc) is 2.98. The predicted molar refractivity (Wildman–Crippen MR) is 140 cm³/mol. The quantitative estimate of drug-likeness (QED) is 0.353. The van der Waals surface area contributed by atoms with Gasteiger partial charge in [0.1, 0.15) is 18.3 Å². The Kier molecular flexibility index (Phi) is 9.32. The maximum atomic E-state index is 16.1. The van der Waals surface area contributed by atoms with Crippen molar-refractivity contribution in [1.29, 1.82) is 0 Å². The highest BCUT2D eigenvalue weighted by Crippen LogP contribution is 2.47. The van der Waals surface area contributed by atoms with Crippen molar-refractivity contribution >= 4 is 22.5 Å². The summed E-state index contributed by atoms with van der Waals surface area (Å²) in [5, 5.41) is 3.37. The zero-order valence-electron chi connectivity index (χ0n) is 22.7. The number of alkyl halides is 1. The lowest BCUT2D eigenvalue weighted by atomic mass is 10.1. The molecule has 0 amide bonds. The van der Waals surface area contributed by atoms with Gasteiger partial charge in [-0.2, -0.15) is 0 Å². The average molecular weight is 497 g/mol. The SMILES string of the molecule is CC(C)[Si](O[C@@H]1[C@@H](CO[Si](C)(C)C(C)(C)C)C[C@@H](Nc2[c]cncn2)[C@H]1F)(C(C)C)C(C)C. The van der Waals surface area contributed by atoms with Crippen LogP contribution in [0.5, 0.6) is 0 Å². The number of aromatic nitrogens is 2. The molecule has 0 bridgehead atoms. The Morgan fingerprint density at radius 1 is 1.12 bits per heavy atom. The van der Waals surface area contributed by atoms with E-state index < -0.39 is 28.9 Å². The first-order valence-corrected chi connectivity index (χ1v) is 17.6. The Morgan fingerprint density at radius 3 is 2.15 bits per heavy atom. The molecule has 0 spiro atoms. The van der Waals surface area contributed by atoms with E-state index in [4.69, 9.17) is 8.85 Å². The predicted octanol–water partition coefficient (Wildman–Crippen LogP) is 7.00. The molecule has 1 aromatic heterocycles. The van der Waals surface area contributed by atoms with Crippen molar-refractivity contribution in [3.63, 3.8) is 0 Å². The van der Waals surface area contributed by atoms with Crippen LogP contribution < -0.4 is 5.32 Å². The molecule has 8 heteroatoms. The van der Waals surface area contributed by atoms with Gasteiger partial charge in [-0.3, -0.25) is 0 Å². The largest absolute Gasteiger partial charge is 0.416 e. The molecule has 33 heavy (non-hydrogen) atoms. The molecule has 2 rings (SSSR count). The Morgan fingerprint density at radius 2 is 1.70 bits per heavy atom. The summed E-state index contributed by atoms with van der Waals surface area (Å²) in [6.07, 6.45) is 2.05. The highest BCUT2D eigenvalue weighted by molar-refractivity contribution is 6.77. The number of nitrogens with zero attached hydrogens (tertiary/aromatic N) is 2. The minimum atomic E-state index is -2.25. The van der Waals surface area contributed by atoms with Gasteiger partial charge in [0.15, 0.2) is 8.32 Å². The second-order valence-electron chi connectivity index (χ2n) is 12.2. The van der Waals surface area contributed by atoms with Gasteiger partial charge in [-0.1, -0.05) is 62.3 Å². The fraction of sp³-hybridized carbons (Fsp3) is 0.840. The third-order valence-corrected chi connectivity index (χ3v) is 18.7. The second-order valence-corrected chi connectivity index (χ2v) is 22.4. The van der Waals surface area contributed by atoms with Gasteiger partial charge >= 0.3 is 0 Å². The summed E-state index contributed by atoms with van der Waals surface area (Å²) in [6.45, 7) is 25.3. The maximum absolute atomic E-state index is 16.1. The molecule has 1 saturated carbocycles. The molecule has 189 valence electrons. The summed E-state index contributed by atoms with van der Waals surface area (Å²) in [6, 6.07) is 2.59. The minimum absolute atomic E-state index is 0.00316. The van der Waals surface area contributed by atoms with Gasteiger partial charge in [0.25, 0.3) is 0 Å². The van der Waals surface area contributed by atoms with Crippen LogP contribution in [0.4, 0.5) is 10.2 Å². The normalized spacial score (nSPS) is 24.8. The Balaban J connectivity index is 2.34. The second kappa shape index (κ2) is 10.8. The van der Waals surface area contributed by atoms with Gasteiger partial charge in [-0.25, -0.2) is 14.4 Å². The number of halogens is 1. The molecule has 0 aliphatic heterocycles. The van der Waals surface area contributed by atoms with Gasteiger partial charge in [0.2, 0.25) is 8.32 Å². The topological polar surface area (TPSA) is 56.3 Å². The Bertz CT molecular complexity index is 719. The van der Waals surface area contributed by atoms with E-state index in [0.29, 0.717) is 35.5 Å². The summed E-state index contributed by atoms with van der Waals surface area (Å²) >= 11 is 0. The summed E-state index contributed by atoms with van der Waals surface area (Å²) in [4.78, 5) is 8.12. The van der Waals surface area contributed by atoms with Crippen molar-refractivity contribution in [3.8, 4) is 0 Å². The highest BCUT2D eigenvalue weighted by Gasteiger charge is 2.53. The first kappa shape index (κ1) is 28.4. The van der Waals surface area contributed by atoms with Crippen LogP contribution in [0, 0.1) is 12.0 Å². The van der Waals surface area contributed by atoms with Gasteiger partial charge < -0.3 is 14.2 Å². The van der Waals surface area contributed by atoms with Crippen LogP contribution in [0.25, 0.3) is 0 Å². The first-order valence-electron chi connectivity index (χ1n) is 12.5. The molecule has 0 aromatic carbocycles. The summed E-state index contributed by atoms with van der Waals surface area (Å²) in [5.74, 6) is 0.527. The summed E-state index contributed by atoms with van der Waals surface area (Å²) < 4.78 is 29.7. The van der Waals surface area contributed by atoms with E-state index in [-0.39, 0.29) is 17.0 Å². The van der Waals surface area contributed by atoms with Crippen LogP contribution in [0.1, 0.15) is 68.7 Å². The van der Waals surface area contributed by atoms with E-state index in [1.54, 1.807) is 6.20 Å². The van der Waals surface area contributed by atoms with Crippen LogP contribution in [-0.4, -0.2) is 51.5 Å². The number of rotatable bonds is 10. The van der Waals surface area contributed by atoms with Crippen LogP contribution in [0.15, 0.2) is 12.5 Å². The molecule has 1 heterocycles. The number of hydrogen-bond donors (Lipinski definition) is 1. The van der Waals surface area contributed by atoms with E-state index >= 15 is 4.39 Å². The molecule has 1 aromatic rings. The zero-order chi connectivity index (χ0) is 25.2. The highest BCUT2D eigenvalue weighted by atomic mass is 28.4. The van der Waals surface area contributed by atoms with Crippen molar-refractivity contribution in [2.24, 2.45) is 5.92 Å². The first-order chi connectivity index (χ1) is 15.1. The Labute approximate surface area is 203 Å². The van der Waals surface area contributed by atoms with E-state index in [1.165, 1.54) is 6.33 Å². The smallest absolute Gasteiger partial charge is 0.200 e. The number of nitrogens with one attached hydrogen (secondary N) is 1. The molecule has 1 aliphatic carbocycles. The van der Waals surface area contributed by atoms with Crippen molar-refractivity contribution in [2.75, 3.05) is 11.9 Å². The monoisotopic (exact) mass is 496 g/mol. The molecular weight excluding hydrogens is 449 g/mol. The standard InChI is InChI=1S/C25H47FN3O2Si2/c1-17(2)33(18(3)4,19(5)6)31-24-20(15-30-32(10,11)25(7,8)9)14-21(23(24)26)29-22-12-13-27-16-28-22/h13,16-21,23-24H,14-15H2,1-11H3,(H,27,28,29)/t20-,21-,23-,24-/m1/s1. The zero-order valence-corrected chi connectivity index (χ0v) is 24.7. The fourth-order valence-corrected chi connectivity index (χ4v) is 11.9. The van der Waals surface area contributed by atoms with Crippen molar-refractivity contribution in [2.45, 2.75) is 122 Å². The van der Waals surface area contributed by atoms with Gasteiger partial charge in [0.05, 0.1) is 12.1 Å². The summed E-state index contributed by atoms with van der Waals surface area (Å²) in [7, 11) is -4.21. The van der Waals surface area contributed by atoms with Crippen LogP contribution in [0.2, 0.25) is 34.8 Å². The summed E-state index contributed by atoms with van der Waals surface area (Å²) in [5.41, 5.74) is 1.19. The molecule has 5 nitrogen and oxygen atoms in total. The van der Waals surface area contributed by atoms with Crippen LogP contribution in [0.3, 0.4) is 0 Å². The minimum Gasteiger partial charge on any atom is -0.416 e. The van der Waals surface area contributed by atoms with Crippen molar-refractivity contribution < 1.29 is 13.2 Å². The van der Waals surface area contributed by atoms with Crippen LogP contribution >= 0.6 is 0 Å². The van der Waals surface area contributed by atoms with Crippen molar-refractivity contribution in [3.05, 3.63) is 18.6 Å². The molecule has 0 unspecified atom stereocenters. The van der Waals surface area contributed by atoms with Gasteiger partial charge in [-0.15, -0.1) is 0 Å². The lowest BCUT2D eigenvalue weighted by molar-refractivity contribution is 0.0517. The molecular formula is C25H47FN3O2Si2. The third-order valence-electron chi connectivity index (χ3n) is 8.08. The van der Waals surface area contributed by atoms with Gasteiger partial charge in [0, 0.05) is 24.8 Å². The third kappa shape index (κ3) is 6.24. The molecule has 1 fully saturated rings. The lowest BCUT2D eigenvalue weighted by Gasteiger charge is -2.45. The molecule has 4 atom stereocenters. The van der Waals surface area contributed by atoms with E-state index in [0.717, 1.165) is 0 Å². The van der Waals surface area contributed by atoms with Crippen molar-refractivity contribution in [1.82, 2.24) is 9.97 Å². The number of anilines is 1. The molecule has 1 radical (unpaired) electrons. The molecule has 1 N–H and O–H groups in total. The van der Waals surface area contributed by atoms with E-state index in [2.05, 4.69) is 96.8 Å². The Hall–Kier alpha value is -0.836. The molecule has 1 aliphatic rings. The van der Waals surface area contributed by atoms with E-state index in [1.807, 2.05) is 0 Å². The molecule has 0 saturated heterocycles. The fourth-order valence-electron chi connectivity index (χ4n) is 5.23.